The van der Waals surface area contributed by atoms with Gasteiger partial charge in [0.15, 0.2) is 6.19 Å². The minimum absolute atomic E-state index is 0.0377. The Balaban J connectivity index is 3.53. The molecule has 0 atom stereocenters. The molecule has 0 aromatic carbocycles. The fourth-order valence-electron chi connectivity index (χ4n) is 0.148. The van der Waals surface area contributed by atoms with Crippen molar-refractivity contribution >= 4 is 27.4 Å². The molecule has 4 heteroatoms. The van der Waals surface area contributed by atoms with E-state index in [-0.39, 0.29) is 10.9 Å². The quantitative estimate of drug-likeness (QED) is 0.230. The van der Waals surface area contributed by atoms with Gasteiger partial charge >= 0.3 is 0 Å². The van der Waals surface area contributed by atoms with E-state index in [4.69, 9.17) is 17.5 Å². The Morgan fingerprint density at radius 3 is 2.38 bits per heavy atom. The van der Waals surface area contributed by atoms with E-state index in [1.807, 2.05) is 12.5 Å². The molecule has 0 saturated carbocycles. The van der Waals surface area contributed by atoms with Gasteiger partial charge in [0.05, 0.1) is 0 Å². The molecule has 0 heterocycles. The first-order chi connectivity index (χ1) is 3.68. The maximum atomic E-state index is 8.04. The molecule has 8 heavy (non-hydrogen) atoms. The molecule has 0 unspecified atom stereocenters. The Bertz CT molecular complexity index is 124. The zero-order chi connectivity index (χ0) is 6.57. The summed E-state index contributed by atoms with van der Waals surface area (Å²) in [5, 5.41) is 10.4. The van der Waals surface area contributed by atoms with Gasteiger partial charge in [-0.25, -0.2) is 5.32 Å². The third kappa shape index (κ3) is 2.83. The highest BCUT2D eigenvalue weighted by atomic mass is 32.2. The van der Waals surface area contributed by atoms with E-state index in [9.17, 15) is 0 Å². The van der Waals surface area contributed by atoms with Crippen molar-refractivity contribution in [1.29, 1.82) is 5.26 Å². The largest absolute Gasteiger partial charge is 0.300 e. The lowest BCUT2D eigenvalue weighted by Gasteiger charge is -1.90. The summed E-state index contributed by atoms with van der Waals surface area (Å²) in [4.78, 5) is 0. The van der Waals surface area contributed by atoms with Crippen molar-refractivity contribution < 1.29 is 0 Å². The van der Waals surface area contributed by atoms with E-state index in [0.717, 1.165) is 0 Å². The molecule has 44 valence electrons. The second-order valence-corrected chi connectivity index (χ2v) is 4.05. The van der Waals surface area contributed by atoms with Gasteiger partial charge in [0, 0.05) is 10.9 Å². The molecule has 0 bridgehead atoms. The molecule has 0 saturated heterocycles. The summed E-state index contributed by atoms with van der Waals surface area (Å²) in [5.41, 5.74) is 0. The van der Waals surface area contributed by atoms with E-state index in [2.05, 4.69) is 5.32 Å². The summed E-state index contributed by atoms with van der Waals surface area (Å²) < 4.78 is 0.632. The Kier molecular flexibility index (Phi) is 3.57. The third-order valence-corrected chi connectivity index (χ3v) is 2.47. The predicted molar refractivity (Wildman–Crippen MR) is 40.6 cm³/mol. The van der Waals surface area contributed by atoms with Crippen molar-refractivity contribution in [2.24, 2.45) is 0 Å². The SMILES string of the molecule is C[S+](C)C(=S)NC#N. The van der Waals surface area contributed by atoms with Gasteiger partial charge in [0.2, 0.25) is 0 Å². The van der Waals surface area contributed by atoms with Gasteiger partial charge in [0.25, 0.3) is 4.32 Å². The Morgan fingerprint density at radius 2 is 2.25 bits per heavy atom. The van der Waals surface area contributed by atoms with Gasteiger partial charge in [-0.2, -0.15) is 5.26 Å². The summed E-state index contributed by atoms with van der Waals surface area (Å²) in [6.07, 6.45) is 5.69. The van der Waals surface area contributed by atoms with Crippen molar-refractivity contribution in [2.75, 3.05) is 12.5 Å². The van der Waals surface area contributed by atoms with E-state index in [0.29, 0.717) is 4.32 Å². The summed E-state index contributed by atoms with van der Waals surface area (Å²) >= 11 is 4.76. The minimum atomic E-state index is 0.0377. The van der Waals surface area contributed by atoms with Crippen LogP contribution in [0.5, 0.6) is 0 Å². The number of nitrogens with one attached hydrogen (secondary N) is 1. The van der Waals surface area contributed by atoms with Crippen LogP contribution in [0.25, 0.3) is 0 Å². The van der Waals surface area contributed by atoms with Crippen LogP contribution in [0, 0.1) is 11.5 Å². The molecule has 0 rings (SSSR count). The number of hydrogen-bond donors (Lipinski definition) is 1. The predicted octanol–water partition coefficient (Wildman–Crippen LogP) is 0.220. The fourth-order valence-corrected chi connectivity index (χ4v) is 0.443. The first-order valence-electron chi connectivity index (χ1n) is 1.95. The monoisotopic (exact) mass is 147 g/mol. The molecule has 0 aliphatic rings. The average Bonchev–Trinajstić information content (AvgIpc) is 1.67. The van der Waals surface area contributed by atoms with Crippen LogP contribution < -0.4 is 5.32 Å². The highest BCUT2D eigenvalue weighted by molar-refractivity contribution is 8.19. The maximum Gasteiger partial charge on any atom is 0.300 e. The lowest BCUT2D eigenvalue weighted by molar-refractivity contribution is 1.31. The van der Waals surface area contributed by atoms with Crippen molar-refractivity contribution in [3.63, 3.8) is 0 Å². The summed E-state index contributed by atoms with van der Waals surface area (Å²) in [6, 6.07) is 0. The van der Waals surface area contributed by atoms with Crippen LogP contribution in [0.4, 0.5) is 0 Å². The van der Waals surface area contributed by atoms with Crippen LogP contribution >= 0.6 is 12.2 Å². The van der Waals surface area contributed by atoms with Crippen molar-refractivity contribution in [2.45, 2.75) is 0 Å². The number of rotatable bonds is 0. The molecule has 0 amide bonds. The third-order valence-electron chi connectivity index (χ3n) is 0.529. The van der Waals surface area contributed by atoms with Gasteiger partial charge in [-0.3, -0.25) is 0 Å². The van der Waals surface area contributed by atoms with Crippen LogP contribution in [-0.2, 0) is 10.9 Å². The van der Waals surface area contributed by atoms with Gasteiger partial charge in [-0.15, -0.1) is 0 Å². The molecule has 0 aliphatic carbocycles. The highest BCUT2D eigenvalue weighted by Crippen LogP contribution is 1.84. The molecule has 2 nitrogen and oxygen atoms in total. The Morgan fingerprint density at radius 1 is 1.75 bits per heavy atom. The lowest BCUT2D eigenvalue weighted by atomic mass is 11.2. The number of hydrogen-bond acceptors (Lipinski definition) is 2. The Labute approximate surface area is 57.2 Å². The van der Waals surface area contributed by atoms with Crippen molar-refractivity contribution in [3.8, 4) is 6.19 Å². The molecule has 0 spiro atoms. The summed E-state index contributed by atoms with van der Waals surface area (Å²) in [6.45, 7) is 0. The van der Waals surface area contributed by atoms with E-state index in [1.165, 1.54) is 0 Å². The molecule has 0 aromatic heterocycles. The smallest absolute Gasteiger partial charge is 0.243 e. The van der Waals surface area contributed by atoms with E-state index in [1.54, 1.807) is 6.19 Å². The first-order valence-corrected chi connectivity index (χ1v) is 4.40. The molecule has 0 aromatic rings. The second-order valence-electron chi connectivity index (χ2n) is 1.34. The van der Waals surface area contributed by atoms with Gasteiger partial charge < -0.3 is 0 Å². The lowest BCUT2D eigenvalue weighted by Crippen LogP contribution is -2.23. The van der Waals surface area contributed by atoms with Crippen LogP contribution in [0.3, 0.4) is 0 Å². The molecular formula is C4H7N2S2+. The molecule has 1 N–H and O–H groups in total. The molecule has 0 aliphatic heterocycles. The summed E-state index contributed by atoms with van der Waals surface area (Å²) in [7, 11) is 0.0377. The standard InChI is InChI=1S/C4H6N2S2/c1-8(2)4(7)6-3-5/h1-2H3/p+1. The number of nitrogens with zero attached hydrogens (tertiary/aromatic N) is 1. The minimum Gasteiger partial charge on any atom is -0.243 e. The van der Waals surface area contributed by atoms with Gasteiger partial charge in [0.1, 0.15) is 12.5 Å². The highest BCUT2D eigenvalue weighted by Gasteiger charge is 2.09. The normalized spacial score (nSPS) is 8.25. The van der Waals surface area contributed by atoms with Crippen LogP contribution in [0.1, 0.15) is 0 Å². The average molecular weight is 147 g/mol. The first kappa shape index (κ1) is 7.73. The topological polar surface area (TPSA) is 35.8 Å². The van der Waals surface area contributed by atoms with E-state index >= 15 is 0 Å². The number of nitriles is 1. The van der Waals surface area contributed by atoms with Gasteiger partial charge in [-0.1, -0.05) is 0 Å². The van der Waals surface area contributed by atoms with Crippen LogP contribution in [-0.4, -0.2) is 16.8 Å². The Hall–Kier alpha value is -0.270. The van der Waals surface area contributed by atoms with Crippen molar-refractivity contribution in [1.82, 2.24) is 5.32 Å². The van der Waals surface area contributed by atoms with E-state index < -0.39 is 0 Å². The maximum absolute atomic E-state index is 8.04. The molecule has 0 radical (unpaired) electrons. The van der Waals surface area contributed by atoms with Crippen LogP contribution in [0.15, 0.2) is 0 Å². The fraction of sp³-hybridized carbons (Fsp3) is 0.500. The summed E-state index contributed by atoms with van der Waals surface area (Å²) in [5.74, 6) is 0. The molecule has 0 fully saturated rings. The zero-order valence-corrected chi connectivity index (χ0v) is 6.40. The van der Waals surface area contributed by atoms with Gasteiger partial charge in [-0.05, 0) is 12.2 Å². The van der Waals surface area contributed by atoms with Crippen molar-refractivity contribution in [3.05, 3.63) is 0 Å². The number of thiocarbonyl (C=S) groups is 1. The zero-order valence-electron chi connectivity index (χ0n) is 4.76. The molecular weight excluding hydrogens is 140 g/mol. The van der Waals surface area contributed by atoms with Crippen LogP contribution in [0.2, 0.25) is 0 Å². The second kappa shape index (κ2) is 3.70.